The molecule has 8 nitrogen and oxygen atoms in total. The van der Waals surface area contributed by atoms with Crippen molar-refractivity contribution in [1.29, 1.82) is 0 Å². The van der Waals surface area contributed by atoms with E-state index in [-0.39, 0.29) is 17.9 Å². The SMILES string of the molecule is CC(C)(C)CC(CNC(=O)Nc1nccnn1)C(=O)O. The zero-order chi connectivity index (χ0) is 15.2. The molecule has 3 N–H and O–H groups in total. The predicted molar refractivity (Wildman–Crippen MR) is 72.0 cm³/mol. The van der Waals surface area contributed by atoms with Crippen LogP contribution in [0, 0.1) is 11.3 Å². The highest BCUT2D eigenvalue weighted by atomic mass is 16.4. The Bertz CT molecular complexity index is 458. The highest BCUT2D eigenvalue weighted by molar-refractivity contribution is 5.87. The number of aromatic nitrogens is 3. The summed E-state index contributed by atoms with van der Waals surface area (Å²) in [6, 6.07) is -0.557. The third kappa shape index (κ3) is 6.07. The van der Waals surface area contributed by atoms with Crippen LogP contribution in [0.2, 0.25) is 0 Å². The van der Waals surface area contributed by atoms with Crippen LogP contribution in [0.4, 0.5) is 10.7 Å². The van der Waals surface area contributed by atoms with Gasteiger partial charge in [0.1, 0.15) is 0 Å². The van der Waals surface area contributed by atoms with Gasteiger partial charge in [-0.15, -0.1) is 5.10 Å². The quantitative estimate of drug-likeness (QED) is 0.744. The van der Waals surface area contributed by atoms with E-state index in [2.05, 4.69) is 25.8 Å². The van der Waals surface area contributed by atoms with Gasteiger partial charge in [0.2, 0.25) is 0 Å². The van der Waals surface area contributed by atoms with Gasteiger partial charge >= 0.3 is 12.0 Å². The fraction of sp³-hybridized carbons (Fsp3) is 0.583. The summed E-state index contributed by atoms with van der Waals surface area (Å²) in [4.78, 5) is 26.5. The molecular weight excluding hydrogens is 262 g/mol. The van der Waals surface area contributed by atoms with E-state index in [1.165, 1.54) is 12.4 Å². The Morgan fingerprint density at radius 1 is 1.35 bits per heavy atom. The minimum absolute atomic E-state index is 0.0404. The van der Waals surface area contributed by atoms with Crippen molar-refractivity contribution in [3.63, 3.8) is 0 Å². The number of urea groups is 1. The molecule has 0 bridgehead atoms. The Morgan fingerprint density at radius 3 is 2.55 bits per heavy atom. The highest BCUT2D eigenvalue weighted by Gasteiger charge is 2.25. The number of rotatable bonds is 5. The molecule has 0 saturated heterocycles. The lowest BCUT2D eigenvalue weighted by molar-refractivity contribution is -0.142. The summed E-state index contributed by atoms with van der Waals surface area (Å²) in [5.74, 6) is -1.51. The van der Waals surface area contributed by atoms with Gasteiger partial charge in [-0.2, -0.15) is 5.10 Å². The van der Waals surface area contributed by atoms with Crippen LogP contribution >= 0.6 is 0 Å². The lowest BCUT2D eigenvalue weighted by Gasteiger charge is -2.23. The average molecular weight is 281 g/mol. The topological polar surface area (TPSA) is 117 Å². The molecule has 0 aliphatic carbocycles. The first-order valence-corrected chi connectivity index (χ1v) is 6.19. The van der Waals surface area contributed by atoms with Gasteiger partial charge in [-0.3, -0.25) is 10.1 Å². The van der Waals surface area contributed by atoms with E-state index >= 15 is 0 Å². The van der Waals surface area contributed by atoms with Crippen LogP contribution in [-0.4, -0.2) is 38.8 Å². The van der Waals surface area contributed by atoms with E-state index in [0.29, 0.717) is 6.42 Å². The molecule has 0 saturated carbocycles. The molecule has 1 atom stereocenters. The van der Waals surface area contributed by atoms with Crippen molar-refractivity contribution < 1.29 is 14.7 Å². The number of hydrogen-bond donors (Lipinski definition) is 3. The number of carbonyl (C=O) groups excluding carboxylic acids is 1. The summed E-state index contributed by atoms with van der Waals surface area (Å²) in [6.07, 6.45) is 3.24. The highest BCUT2D eigenvalue weighted by Crippen LogP contribution is 2.24. The van der Waals surface area contributed by atoms with Crippen LogP contribution < -0.4 is 10.6 Å². The Labute approximate surface area is 117 Å². The number of carbonyl (C=O) groups is 2. The van der Waals surface area contributed by atoms with E-state index in [0.717, 1.165) is 0 Å². The van der Waals surface area contributed by atoms with E-state index in [1.807, 2.05) is 20.8 Å². The smallest absolute Gasteiger partial charge is 0.321 e. The number of nitrogens with zero attached hydrogens (tertiary/aromatic N) is 3. The Balaban J connectivity index is 2.47. The molecule has 20 heavy (non-hydrogen) atoms. The number of carboxylic acids is 1. The second-order valence-electron chi connectivity index (χ2n) is 5.60. The fourth-order valence-electron chi connectivity index (χ4n) is 1.65. The largest absolute Gasteiger partial charge is 0.481 e. The molecular formula is C12H19N5O3. The first kappa shape index (κ1) is 15.8. The standard InChI is InChI=1S/C12H19N5O3/c1-12(2,3)6-8(9(18)19)7-14-11(20)16-10-13-4-5-15-17-10/h4-5,8H,6-7H2,1-3H3,(H,18,19)(H2,13,14,16,17,20). The molecule has 1 rings (SSSR count). The van der Waals surface area contributed by atoms with Crippen LogP contribution in [0.25, 0.3) is 0 Å². The van der Waals surface area contributed by atoms with Crippen molar-refractivity contribution in [2.24, 2.45) is 11.3 Å². The second kappa shape index (κ2) is 6.78. The molecule has 2 amide bonds. The summed E-state index contributed by atoms with van der Waals surface area (Å²) in [6.45, 7) is 5.89. The number of anilines is 1. The van der Waals surface area contributed by atoms with Gasteiger partial charge in [-0.05, 0) is 11.8 Å². The fourth-order valence-corrected chi connectivity index (χ4v) is 1.65. The first-order valence-electron chi connectivity index (χ1n) is 6.19. The number of amides is 2. The molecule has 110 valence electrons. The number of nitrogens with one attached hydrogen (secondary N) is 2. The first-order chi connectivity index (χ1) is 9.28. The minimum atomic E-state index is -0.933. The molecule has 0 radical (unpaired) electrons. The van der Waals surface area contributed by atoms with Crippen molar-refractivity contribution in [3.05, 3.63) is 12.4 Å². The van der Waals surface area contributed by atoms with Gasteiger partial charge in [0.05, 0.1) is 18.3 Å². The monoisotopic (exact) mass is 281 g/mol. The molecule has 1 heterocycles. The van der Waals surface area contributed by atoms with Gasteiger partial charge in [-0.25, -0.2) is 9.78 Å². The number of carboxylic acid groups (broad SMARTS) is 1. The molecule has 0 spiro atoms. The van der Waals surface area contributed by atoms with Gasteiger partial charge in [-0.1, -0.05) is 20.8 Å². The van der Waals surface area contributed by atoms with Crippen molar-refractivity contribution in [2.45, 2.75) is 27.2 Å². The van der Waals surface area contributed by atoms with Gasteiger partial charge in [0, 0.05) is 6.54 Å². The van der Waals surface area contributed by atoms with Crippen molar-refractivity contribution in [1.82, 2.24) is 20.5 Å². The summed E-state index contributed by atoms with van der Waals surface area (Å²) >= 11 is 0. The predicted octanol–water partition coefficient (Wildman–Crippen LogP) is 1.13. The molecule has 1 aromatic heterocycles. The average Bonchev–Trinajstić information content (AvgIpc) is 2.34. The molecule has 1 unspecified atom stereocenters. The zero-order valence-electron chi connectivity index (χ0n) is 11.8. The molecule has 0 fully saturated rings. The maximum absolute atomic E-state index is 11.6. The molecule has 0 aliphatic heterocycles. The third-order valence-corrected chi connectivity index (χ3v) is 2.42. The normalized spacial score (nSPS) is 12.6. The summed E-state index contributed by atoms with van der Waals surface area (Å²) in [5.41, 5.74) is -0.131. The Kier molecular flexibility index (Phi) is 5.36. The van der Waals surface area contributed by atoms with E-state index < -0.39 is 17.9 Å². The van der Waals surface area contributed by atoms with Crippen LogP contribution in [0.15, 0.2) is 12.4 Å². The zero-order valence-corrected chi connectivity index (χ0v) is 11.8. The number of hydrogen-bond acceptors (Lipinski definition) is 5. The van der Waals surface area contributed by atoms with Crippen molar-refractivity contribution in [3.8, 4) is 0 Å². The Morgan fingerprint density at radius 2 is 2.05 bits per heavy atom. The lowest BCUT2D eigenvalue weighted by Crippen LogP contribution is -2.37. The molecule has 1 aromatic rings. The van der Waals surface area contributed by atoms with Crippen LogP contribution in [0.1, 0.15) is 27.2 Å². The lowest BCUT2D eigenvalue weighted by atomic mass is 9.84. The van der Waals surface area contributed by atoms with Crippen molar-refractivity contribution >= 4 is 17.9 Å². The maximum atomic E-state index is 11.6. The van der Waals surface area contributed by atoms with E-state index in [1.54, 1.807) is 0 Å². The van der Waals surface area contributed by atoms with Crippen LogP contribution in [-0.2, 0) is 4.79 Å². The Hall–Kier alpha value is -2.25. The van der Waals surface area contributed by atoms with E-state index in [4.69, 9.17) is 5.11 Å². The van der Waals surface area contributed by atoms with Crippen molar-refractivity contribution in [2.75, 3.05) is 11.9 Å². The summed E-state index contributed by atoms with van der Waals surface area (Å²) in [7, 11) is 0. The minimum Gasteiger partial charge on any atom is -0.481 e. The number of aliphatic carboxylic acids is 1. The third-order valence-electron chi connectivity index (χ3n) is 2.42. The van der Waals surface area contributed by atoms with Crippen LogP contribution in [0.3, 0.4) is 0 Å². The molecule has 0 aliphatic rings. The maximum Gasteiger partial charge on any atom is 0.321 e. The van der Waals surface area contributed by atoms with Gasteiger partial charge < -0.3 is 10.4 Å². The van der Waals surface area contributed by atoms with Crippen LogP contribution in [0.5, 0.6) is 0 Å². The second-order valence-corrected chi connectivity index (χ2v) is 5.60. The van der Waals surface area contributed by atoms with E-state index in [9.17, 15) is 9.59 Å². The van der Waals surface area contributed by atoms with Gasteiger partial charge in [0.25, 0.3) is 5.95 Å². The summed E-state index contributed by atoms with van der Waals surface area (Å²) < 4.78 is 0. The molecule has 8 heteroatoms. The molecule has 0 aromatic carbocycles. The summed E-state index contributed by atoms with van der Waals surface area (Å²) in [5, 5.41) is 21.2. The van der Waals surface area contributed by atoms with Gasteiger partial charge in [0.15, 0.2) is 0 Å².